The van der Waals surface area contributed by atoms with E-state index in [-0.39, 0.29) is 29.5 Å². The van der Waals surface area contributed by atoms with Gasteiger partial charge in [0.2, 0.25) is 5.30 Å². The highest BCUT2D eigenvalue weighted by molar-refractivity contribution is 7.55. The summed E-state index contributed by atoms with van der Waals surface area (Å²) in [5.74, 6) is 0. The first-order chi connectivity index (χ1) is 14.0. The summed E-state index contributed by atoms with van der Waals surface area (Å²) in [6.45, 7) is 23.3. The fraction of sp³-hybridized carbons (Fsp3) is 0.667. The zero-order valence-electron chi connectivity index (χ0n) is 21.1. The van der Waals surface area contributed by atoms with Crippen molar-refractivity contribution in [3.63, 3.8) is 0 Å². The summed E-state index contributed by atoms with van der Waals surface area (Å²) < 4.78 is 14.5. The second-order valence-electron chi connectivity index (χ2n) is 10.6. The lowest BCUT2D eigenvalue weighted by Gasteiger charge is -2.30. The second-order valence-corrected chi connectivity index (χ2v) is 12.1. The minimum atomic E-state index is -1.75. The number of benzene rings is 1. The predicted molar refractivity (Wildman–Crippen MR) is 129 cm³/mol. The summed E-state index contributed by atoms with van der Waals surface area (Å²) in [5, 5.41) is 3.72. The fourth-order valence-corrected chi connectivity index (χ4v) is 5.03. The molecule has 0 radical (unpaired) electrons. The average molecular weight is 452 g/mol. The van der Waals surface area contributed by atoms with Gasteiger partial charge in [-0.2, -0.15) is 0 Å². The van der Waals surface area contributed by atoms with Crippen molar-refractivity contribution in [1.29, 1.82) is 0 Å². The highest BCUT2D eigenvalue weighted by atomic mass is 31.1. The third-order valence-corrected chi connectivity index (χ3v) is 6.39. The van der Waals surface area contributed by atoms with Crippen LogP contribution in [-0.2, 0) is 25.7 Å². The van der Waals surface area contributed by atoms with Crippen LogP contribution in [0.25, 0.3) is 0 Å². The molecule has 2 amide bonds. The zero-order chi connectivity index (χ0) is 24.2. The molecule has 174 valence electrons. The van der Waals surface area contributed by atoms with Crippen molar-refractivity contribution in [3.8, 4) is 0 Å². The standard InChI is InChI=1S/C24H39N2O4P/c1-12-29-20(27)25-31(26-21(28)30-13-2)19-17(23(6,7)8)14-16(22(3,4)5)15-18(19)24(9,10)11/h14-15H,12-13H2,1-11H3/p+1. The molecule has 0 bridgehead atoms. The third-order valence-electron chi connectivity index (χ3n) is 4.73. The van der Waals surface area contributed by atoms with Crippen LogP contribution in [0.1, 0.15) is 92.9 Å². The van der Waals surface area contributed by atoms with Gasteiger partial charge in [0.25, 0.3) is 0 Å². The maximum Gasteiger partial charge on any atom is 0.473 e. The van der Waals surface area contributed by atoms with E-state index in [1.807, 2.05) is 0 Å². The first kappa shape index (κ1) is 27.1. The van der Waals surface area contributed by atoms with Crippen molar-refractivity contribution in [2.45, 2.75) is 92.4 Å². The molecule has 1 aromatic carbocycles. The van der Waals surface area contributed by atoms with Crippen LogP contribution >= 0.6 is 7.86 Å². The van der Waals surface area contributed by atoms with Gasteiger partial charge >= 0.3 is 20.1 Å². The molecule has 1 atom stereocenters. The number of carbonyl (C=O) groups excluding carboxylic acids is 2. The van der Waals surface area contributed by atoms with E-state index in [1.165, 1.54) is 5.56 Å². The van der Waals surface area contributed by atoms with Gasteiger partial charge < -0.3 is 9.47 Å². The summed E-state index contributed by atoms with van der Waals surface area (Å²) >= 11 is 0. The molecule has 0 aliphatic carbocycles. The second kappa shape index (κ2) is 10.1. The molecule has 1 rings (SSSR count). The summed E-state index contributed by atoms with van der Waals surface area (Å²) in [5.41, 5.74) is 2.78. The Bertz CT molecular complexity index is 806. The number of ether oxygens (including phenoxy) is 2. The molecule has 0 heterocycles. The molecule has 0 spiro atoms. The van der Waals surface area contributed by atoms with Crippen molar-refractivity contribution in [1.82, 2.24) is 5.09 Å². The highest BCUT2D eigenvalue weighted by Gasteiger charge is 2.39. The van der Waals surface area contributed by atoms with E-state index < -0.39 is 20.1 Å². The molecule has 1 N–H and O–H groups in total. The van der Waals surface area contributed by atoms with Gasteiger partial charge in [-0.3, -0.25) is 0 Å². The van der Waals surface area contributed by atoms with E-state index in [4.69, 9.17) is 9.47 Å². The van der Waals surface area contributed by atoms with E-state index in [0.717, 1.165) is 16.4 Å². The number of rotatable bonds is 4. The molecule has 1 unspecified atom stereocenters. The Balaban J connectivity index is 4.02. The molecule has 0 saturated carbocycles. The van der Waals surface area contributed by atoms with Crippen LogP contribution in [0.3, 0.4) is 0 Å². The minimum absolute atomic E-state index is 0.0614. The Morgan fingerprint density at radius 3 is 1.65 bits per heavy atom. The van der Waals surface area contributed by atoms with Crippen LogP contribution in [0, 0.1) is 0 Å². The summed E-state index contributed by atoms with van der Waals surface area (Å²) in [6, 6.07) is 4.38. The van der Waals surface area contributed by atoms with Crippen LogP contribution in [0.4, 0.5) is 9.59 Å². The molecule has 0 aromatic heterocycles. The molecule has 0 aliphatic heterocycles. The summed E-state index contributed by atoms with van der Waals surface area (Å²) in [7, 11) is -1.75. The summed E-state index contributed by atoms with van der Waals surface area (Å²) in [4.78, 5) is 24.7. The minimum Gasteiger partial charge on any atom is -0.447 e. The number of hydrogen-bond donors (Lipinski definition) is 1. The lowest BCUT2D eigenvalue weighted by Crippen LogP contribution is -2.34. The lowest BCUT2D eigenvalue weighted by molar-refractivity contribution is 0.159. The number of nitrogens with zero attached hydrogens (tertiary/aromatic N) is 1. The molecular formula is C24H40N2O4P+. The zero-order valence-corrected chi connectivity index (χ0v) is 22.0. The Labute approximate surface area is 189 Å². The smallest absolute Gasteiger partial charge is 0.447 e. The van der Waals surface area contributed by atoms with Crippen molar-refractivity contribution in [3.05, 3.63) is 28.8 Å². The monoisotopic (exact) mass is 451 g/mol. The maximum atomic E-state index is 12.4. The van der Waals surface area contributed by atoms with Crippen molar-refractivity contribution < 1.29 is 19.1 Å². The number of carbonyl (C=O) groups is 2. The van der Waals surface area contributed by atoms with Gasteiger partial charge in [-0.05, 0) is 35.7 Å². The van der Waals surface area contributed by atoms with Crippen LogP contribution in [0.15, 0.2) is 16.9 Å². The van der Waals surface area contributed by atoms with Crippen LogP contribution < -0.4 is 10.4 Å². The maximum absolute atomic E-state index is 12.4. The van der Waals surface area contributed by atoms with E-state index in [0.29, 0.717) is 0 Å². The Kier molecular flexibility index (Phi) is 8.84. The molecule has 31 heavy (non-hydrogen) atoms. The van der Waals surface area contributed by atoms with Crippen LogP contribution in [0.5, 0.6) is 0 Å². The Hall–Kier alpha value is -1.94. The molecule has 6 nitrogen and oxygen atoms in total. The lowest BCUT2D eigenvalue weighted by atomic mass is 9.75. The van der Waals surface area contributed by atoms with E-state index in [9.17, 15) is 9.59 Å². The van der Waals surface area contributed by atoms with Crippen LogP contribution in [0.2, 0.25) is 0 Å². The topological polar surface area (TPSA) is 77.0 Å². The SMILES string of the molecule is CCOC(=O)N=[P+](NC(=O)OCC)c1c(C(C)(C)C)cc(C(C)(C)C)cc1C(C)(C)C. The largest absolute Gasteiger partial charge is 0.473 e. The normalized spacial score (nSPS) is 13.1. The molecular weight excluding hydrogens is 411 g/mol. The van der Waals surface area contributed by atoms with Crippen molar-refractivity contribution in [2.75, 3.05) is 13.2 Å². The molecule has 7 heteroatoms. The van der Waals surface area contributed by atoms with Gasteiger partial charge in [0.1, 0.15) is 0 Å². The van der Waals surface area contributed by atoms with Gasteiger partial charge in [0.05, 0.1) is 13.2 Å². The van der Waals surface area contributed by atoms with Gasteiger partial charge in [-0.25, -0.2) is 9.59 Å². The van der Waals surface area contributed by atoms with Gasteiger partial charge in [-0.15, -0.1) is 5.09 Å². The van der Waals surface area contributed by atoms with E-state index >= 15 is 0 Å². The van der Waals surface area contributed by atoms with Gasteiger partial charge in [0, 0.05) is 15.9 Å². The van der Waals surface area contributed by atoms with E-state index in [1.54, 1.807) is 13.8 Å². The molecule has 0 saturated heterocycles. The number of nitrogens with one attached hydrogen (secondary N) is 1. The number of amides is 2. The summed E-state index contributed by atoms with van der Waals surface area (Å²) in [6.07, 6.45) is -1.29. The molecule has 0 aliphatic rings. The van der Waals surface area contributed by atoms with Crippen LogP contribution in [-0.4, -0.2) is 25.4 Å². The quantitative estimate of drug-likeness (QED) is 0.518. The first-order valence-corrected chi connectivity index (χ1v) is 12.1. The first-order valence-electron chi connectivity index (χ1n) is 10.8. The molecule has 1 aromatic rings. The van der Waals surface area contributed by atoms with Gasteiger partial charge in [0.15, 0.2) is 0 Å². The third kappa shape index (κ3) is 7.60. The fourth-order valence-electron chi connectivity index (χ4n) is 3.05. The van der Waals surface area contributed by atoms with Crippen molar-refractivity contribution in [2.24, 2.45) is 4.74 Å². The predicted octanol–water partition coefficient (Wildman–Crippen LogP) is 6.69. The average Bonchev–Trinajstić information content (AvgIpc) is 2.58. The van der Waals surface area contributed by atoms with Gasteiger partial charge in [-0.1, -0.05) is 74.4 Å². The number of hydrogen-bond acceptors (Lipinski definition) is 4. The Morgan fingerprint density at radius 1 is 0.839 bits per heavy atom. The molecule has 0 fully saturated rings. The highest BCUT2D eigenvalue weighted by Crippen LogP contribution is 2.39. The Morgan fingerprint density at radius 2 is 1.29 bits per heavy atom. The van der Waals surface area contributed by atoms with Crippen molar-refractivity contribution >= 4 is 25.4 Å². The van der Waals surface area contributed by atoms with E-state index in [2.05, 4.69) is 84.3 Å².